The molecule has 2 aliphatic rings. The zero-order chi connectivity index (χ0) is 18.5. The second-order valence-electron chi connectivity index (χ2n) is 7.28. The largest absolute Gasteiger partial charge is 0.376 e. The Morgan fingerprint density at radius 1 is 1.22 bits per heavy atom. The number of rotatable bonds is 7. The van der Waals surface area contributed by atoms with E-state index in [-0.39, 0.29) is 6.10 Å². The Bertz CT molecular complexity index is 838. The highest BCUT2D eigenvalue weighted by Gasteiger charge is 2.17. The van der Waals surface area contributed by atoms with Gasteiger partial charge in [0.05, 0.1) is 24.9 Å². The highest BCUT2D eigenvalue weighted by molar-refractivity contribution is 5.55. The van der Waals surface area contributed by atoms with E-state index >= 15 is 0 Å². The number of nitrogens with zero attached hydrogens (tertiary/aromatic N) is 2. The lowest BCUT2D eigenvalue weighted by molar-refractivity contribution is 0.0106. The Morgan fingerprint density at radius 3 is 3.00 bits per heavy atom. The summed E-state index contributed by atoms with van der Waals surface area (Å²) in [5.41, 5.74) is 5.29. The van der Waals surface area contributed by atoms with E-state index in [1.807, 2.05) is 12.1 Å². The van der Waals surface area contributed by atoms with E-state index < -0.39 is 0 Å². The van der Waals surface area contributed by atoms with Crippen LogP contribution in [0, 0.1) is 11.3 Å². The van der Waals surface area contributed by atoms with Crippen molar-refractivity contribution in [2.24, 2.45) is 0 Å². The number of hydrogen-bond acceptors (Lipinski definition) is 5. The quantitative estimate of drug-likeness (QED) is 0.811. The van der Waals surface area contributed by atoms with E-state index in [0.717, 1.165) is 55.5 Å². The average molecular weight is 363 g/mol. The molecule has 0 saturated carbocycles. The molecule has 1 aliphatic heterocycles. The fraction of sp³-hybridized carbons (Fsp3) is 0.455. The number of ether oxygens (including phenoxy) is 2. The number of nitrogens with one attached hydrogen (secondary N) is 1. The van der Waals surface area contributed by atoms with Gasteiger partial charge < -0.3 is 14.8 Å². The minimum atomic E-state index is 0.255. The van der Waals surface area contributed by atoms with Gasteiger partial charge in [-0.15, -0.1) is 0 Å². The van der Waals surface area contributed by atoms with E-state index in [4.69, 9.17) is 9.47 Å². The van der Waals surface area contributed by atoms with Gasteiger partial charge in [-0.1, -0.05) is 24.3 Å². The molecule has 5 nitrogen and oxygen atoms in total. The number of anilines is 1. The van der Waals surface area contributed by atoms with E-state index in [1.54, 1.807) is 0 Å². The van der Waals surface area contributed by atoms with Crippen LogP contribution in [0.2, 0.25) is 0 Å². The lowest BCUT2D eigenvalue weighted by Crippen LogP contribution is -2.13. The Hall–Kier alpha value is -2.42. The highest BCUT2D eigenvalue weighted by atomic mass is 16.5. The summed E-state index contributed by atoms with van der Waals surface area (Å²) in [5, 5.41) is 12.8. The highest BCUT2D eigenvalue weighted by Crippen LogP contribution is 2.25. The molecule has 1 aromatic carbocycles. The summed E-state index contributed by atoms with van der Waals surface area (Å²) in [5.74, 6) is 0.693. The van der Waals surface area contributed by atoms with Crippen molar-refractivity contribution in [2.75, 3.05) is 18.5 Å². The molecule has 0 radical (unpaired) electrons. The zero-order valence-electron chi connectivity index (χ0n) is 15.5. The molecule has 1 aromatic heterocycles. The molecule has 0 amide bonds. The van der Waals surface area contributed by atoms with E-state index in [9.17, 15) is 5.26 Å². The third-order valence-electron chi connectivity index (χ3n) is 5.22. The van der Waals surface area contributed by atoms with E-state index in [2.05, 4.69) is 34.6 Å². The van der Waals surface area contributed by atoms with Gasteiger partial charge in [0.15, 0.2) is 0 Å². The number of benzene rings is 1. The molecule has 27 heavy (non-hydrogen) atoms. The van der Waals surface area contributed by atoms with Crippen LogP contribution >= 0.6 is 0 Å². The number of hydrogen-bond donors (Lipinski definition) is 1. The average Bonchev–Trinajstić information content (AvgIpc) is 3.37. The number of nitriles is 1. The number of aryl methyl sites for hydroxylation is 2. The molecule has 1 fully saturated rings. The molecule has 5 heteroatoms. The van der Waals surface area contributed by atoms with Gasteiger partial charge in [-0.2, -0.15) is 5.26 Å². The first-order valence-electron chi connectivity index (χ1n) is 9.76. The molecule has 0 bridgehead atoms. The van der Waals surface area contributed by atoms with Crippen LogP contribution in [0.5, 0.6) is 0 Å². The summed E-state index contributed by atoms with van der Waals surface area (Å²) in [6.45, 7) is 2.75. The van der Waals surface area contributed by atoms with E-state index in [0.29, 0.717) is 31.1 Å². The maximum Gasteiger partial charge on any atom is 0.144 e. The topological polar surface area (TPSA) is 67.2 Å². The zero-order valence-corrected chi connectivity index (χ0v) is 15.5. The lowest BCUT2D eigenvalue weighted by atomic mass is 10.1. The second kappa shape index (κ2) is 8.51. The summed E-state index contributed by atoms with van der Waals surface area (Å²) in [4.78, 5) is 4.68. The molecule has 4 rings (SSSR count). The van der Waals surface area contributed by atoms with Gasteiger partial charge >= 0.3 is 0 Å². The fourth-order valence-corrected chi connectivity index (χ4v) is 3.79. The lowest BCUT2D eigenvalue weighted by Gasteiger charge is -2.12. The SMILES string of the molecule is N#Cc1cc2c(nc1NCc1cccc(COCC3CCCO3)c1)CCC2. The van der Waals surface area contributed by atoms with Crippen molar-refractivity contribution in [1.82, 2.24) is 4.98 Å². The summed E-state index contributed by atoms with van der Waals surface area (Å²) >= 11 is 0. The van der Waals surface area contributed by atoms with Gasteiger partial charge in [0, 0.05) is 18.8 Å². The molecular formula is C22H25N3O2. The third kappa shape index (κ3) is 4.47. The van der Waals surface area contributed by atoms with Gasteiger partial charge in [0.1, 0.15) is 11.9 Å². The molecular weight excluding hydrogens is 338 g/mol. The Balaban J connectivity index is 1.35. The Morgan fingerprint density at radius 2 is 2.15 bits per heavy atom. The molecule has 1 unspecified atom stereocenters. The Kier molecular flexibility index (Phi) is 5.66. The molecule has 0 spiro atoms. The van der Waals surface area contributed by atoms with Gasteiger partial charge in [-0.05, 0) is 54.9 Å². The first kappa shape index (κ1) is 18.0. The smallest absolute Gasteiger partial charge is 0.144 e. The van der Waals surface area contributed by atoms with Gasteiger partial charge in [0.25, 0.3) is 0 Å². The minimum absolute atomic E-state index is 0.255. The van der Waals surface area contributed by atoms with Crippen molar-refractivity contribution in [2.45, 2.75) is 51.4 Å². The number of aromatic nitrogens is 1. The van der Waals surface area contributed by atoms with Crippen LogP contribution in [0.3, 0.4) is 0 Å². The predicted octanol–water partition coefficient (Wildman–Crippen LogP) is 3.75. The van der Waals surface area contributed by atoms with Gasteiger partial charge in [0.2, 0.25) is 0 Å². The molecule has 1 saturated heterocycles. The van der Waals surface area contributed by atoms with Crippen LogP contribution < -0.4 is 5.32 Å². The molecule has 140 valence electrons. The molecule has 1 atom stereocenters. The predicted molar refractivity (Wildman–Crippen MR) is 103 cm³/mol. The second-order valence-corrected chi connectivity index (χ2v) is 7.28. The normalized spacial score (nSPS) is 18.3. The summed E-state index contributed by atoms with van der Waals surface area (Å²) in [7, 11) is 0. The van der Waals surface area contributed by atoms with Crippen LogP contribution in [-0.2, 0) is 35.5 Å². The maximum absolute atomic E-state index is 9.42. The van der Waals surface area contributed by atoms with Crippen LogP contribution in [0.1, 0.15) is 47.2 Å². The first-order valence-corrected chi connectivity index (χ1v) is 9.76. The van der Waals surface area contributed by atoms with E-state index in [1.165, 1.54) is 5.56 Å². The minimum Gasteiger partial charge on any atom is -0.376 e. The number of pyridine rings is 1. The van der Waals surface area contributed by atoms with Gasteiger partial charge in [-0.25, -0.2) is 4.98 Å². The van der Waals surface area contributed by atoms with Crippen LogP contribution in [-0.4, -0.2) is 24.3 Å². The van der Waals surface area contributed by atoms with Gasteiger partial charge in [-0.3, -0.25) is 0 Å². The maximum atomic E-state index is 9.42. The molecule has 1 aliphatic carbocycles. The van der Waals surface area contributed by atoms with Crippen LogP contribution in [0.15, 0.2) is 30.3 Å². The van der Waals surface area contributed by atoms with Crippen molar-refractivity contribution < 1.29 is 9.47 Å². The van der Waals surface area contributed by atoms with Crippen molar-refractivity contribution in [3.8, 4) is 6.07 Å². The summed E-state index contributed by atoms with van der Waals surface area (Å²) < 4.78 is 11.4. The monoisotopic (exact) mass is 363 g/mol. The summed E-state index contributed by atoms with van der Waals surface area (Å²) in [6, 6.07) is 12.6. The first-order chi connectivity index (χ1) is 13.3. The van der Waals surface area contributed by atoms with Crippen LogP contribution in [0.25, 0.3) is 0 Å². The third-order valence-corrected chi connectivity index (χ3v) is 5.22. The standard InChI is InChI=1S/C22H25N3O2/c23-12-19-11-18-6-2-8-21(18)25-22(19)24-13-16-4-1-5-17(10-16)14-26-15-20-7-3-9-27-20/h1,4-5,10-11,20H,2-3,6-9,13-15H2,(H,24,25). The number of fused-ring (bicyclic) bond motifs is 1. The van der Waals surface area contributed by atoms with Crippen LogP contribution in [0.4, 0.5) is 5.82 Å². The van der Waals surface area contributed by atoms with Crippen molar-refractivity contribution in [1.29, 1.82) is 5.26 Å². The Labute approximate surface area is 160 Å². The summed E-state index contributed by atoms with van der Waals surface area (Å²) in [6.07, 6.45) is 5.66. The molecule has 2 heterocycles. The van der Waals surface area contributed by atoms with Crippen molar-refractivity contribution in [3.05, 3.63) is 58.3 Å². The van der Waals surface area contributed by atoms with Crippen molar-refractivity contribution >= 4 is 5.82 Å². The molecule has 2 aromatic rings. The van der Waals surface area contributed by atoms with Crippen molar-refractivity contribution in [3.63, 3.8) is 0 Å². The molecule has 1 N–H and O–H groups in total. The fourth-order valence-electron chi connectivity index (χ4n) is 3.79.